The number of methoxy groups -OCH3 is 1. The second-order valence-electron chi connectivity index (χ2n) is 3.87. The number of carbonyl (C=O) groups is 2. The molecule has 0 atom stereocenters. The summed E-state index contributed by atoms with van der Waals surface area (Å²) in [6.45, 7) is -1.58. The molecule has 0 aliphatic heterocycles. The highest BCUT2D eigenvalue weighted by molar-refractivity contribution is 5.94. The van der Waals surface area contributed by atoms with Crippen LogP contribution in [0.2, 0.25) is 0 Å². The van der Waals surface area contributed by atoms with Crippen molar-refractivity contribution < 1.29 is 27.5 Å². The maximum atomic E-state index is 12.3. The van der Waals surface area contributed by atoms with Crippen LogP contribution in [0.5, 0.6) is 0 Å². The van der Waals surface area contributed by atoms with Crippen molar-refractivity contribution in [2.45, 2.75) is 12.7 Å². The van der Waals surface area contributed by atoms with Crippen LogP contribution < -0.4 is 0 Å². The third kappa shape index (κ3) is 4.31. The van der Waals surface area contributed by atoms with Crippen LogP contribution in [0.15, 0.2) is 18.3 Å². The van der Waals surface area contributed by atoms with Crippen molar-refractivity contribution in [1.82, 2.24) is 9.47 Å². The van der Waals surface area contributed by atoms with Gasteiger partial charge in [0.25, 0.3) is 5.91 Å². The van der Waals surface area contributed by atoms with E-state index in [0.717, 1.165) is 22.8 Å². The summed E-state index contributed by atoms with van der Waals surface area (Å²) >= 11 is 0. The Balaban J connectivity index is 2.83. The van der Waals surface area contributed by atoms with Gasteiger partial charge >= 0.3 is 12.1 Å². The molecule has 106 valence electrons. The van der Waals surface area contributed by atoms with Crippen molar-refractivity contribution in [3.63, 3.8) is 0 Å². The largest absolute Gasteiger partial charge is 0.468 e. The first kappa shape index (κ1) is 15.1. The molecule has 1 heterocycles. The number of hydrogen-bond donors (Lipinski definition) is 0. The maximum Gasteiger partial charge on any atom is 0.406 e. The van der Waals surface area contributed by atoms with Crippen LogP contribution in [0.1, 0.15) is 10.5 Å². The molecule has 0 bridgehead atoms. The average Bonchev–Trinajstić information content (AvgIpc) is 2.73. The summed E-state index contributed by atoms with van der Waals surface area (Å²) in [7, 11) is 2.47. The zero-order valence-electron chi connectivity index (χ0n) is 10.4. The highest BCUT2D eigenvalue weighted by Crippen LogP contribution is 2.19. The minimum absolute atomic E-state index is 0.135. The lowest BCUT2D eigenvalue weighted by atomic mass is 10.3. The topological polar surface area (TPSA) is 51.5 Å². The van der Waals surface area contributed by atoms with Gasteiger partial charge in [0.2, 0.25) is 0 Å². The van der Waals surface area contributed by atoms with E-state index in [1.54, 1.807) is 0 Å². The molecule has 0 N–H and O–H groups in total. The van der Waals surface area contributed by atoms with Crippen LogP contribution in [0, 0.1) is 0 Å². The SMILES string of the molecule is COC(=O)CN(C)C(=O)c1cccn1CC(F)(F)F. The summed E-state index contributed by atoms with van der Waals surface area (Å²) in [6.07, 6.45) is -3.26. The normalized spacial score (nSPS) is 11.2. The van der Waals surface area contributed by atoms with Crippen LogP contribution in [0.25, 0.3) is 0 Å². The van der Waals surface area contributed by atoms with E-state index in [1.165, 1.54) is 19.2 Å². The van der Waals surface area contributed by atoms with Gasteiger partial charge < -0.3 is 14.2 Å². The van der Waals surface area contributed by atoms with Gasteiger partial charge in [-0.2, -0.15) is 13.2 Å². The Morgan fingerprint density at radius 2 is 2.05 bits per heavy atom. The molecule has 0 radical (unpaired) electrons. The number of rotatable bonds is 4. The fraction of sp³-hybridized carbons (Fsp3) is 0.455. The van der Waals surface area contributed by atoms with E-state index in [1.807, 2.05) is 0 Å². The van der Waals surface area contributed by atoms with Gasteiger partial charge in [0.05, 0.1) is 7.11 Å². The first-order valence-corrected chi connectivity index (χ1v) is 5.29. The number of carbonyl (C=O) groups excluding carboxylic acids is 2. The zero-order chi connectivity index (χ0) is 14.6. The lowest BCUT2D eigenvalue weighted by Crippen LogP contribution is -2.34. The van der Waals surface area contributed by atoms with Crippen molar-refractivity contribution >= 4 is 11.9 Å². The molecular weight excluding hydrogens is 265 g/mol. The minimum Gasteiger partial charge on any atom is -0.468 e. The van der Waals surface area contributed by atoms with E-state index in [9.17, 15) is 22.8 Å². The molecule has 0 fully saturated rings. The number of alkyl halides is 3. The molecule has 1 aromatic heterocycles. The number of esters is 1. The zero-order valence-corrected chi connectivity index (χ0v) is 10.4. The first-order valence-electron chi connectivity index (χ1n) is 5.29. The molecule has 0 aliphatic rings. The molecule has 19 heavy (non-hydrogen) atoms. The molecule has 0 saturated carbocycles. The molecule has 1 rings (SSSR count). The Labute approximate surface area is 107 Å². The number of aromatic nitrogens is 1. The fourth-order valence-electron chi connectivity index (χ4n) is 1.46. The number of ether oxygens (including phenoxy) is 1. The highest BCUT2D eigenvalue weighted by atomic mass is 19.4. The smallest absolute Gasteiger partial charge is 0.406 e. The molecule has 8 heteroatoms. The number of amides is 1. The number of halogens is 3. The van der Waals surface area contributed by atoms with E-state index in [-0.39, 0.29) is 12.2 Å². The lowest BCUT2D eigenvalue weighted by molar-refractivity contribution is -0.142. The highest BCUT2D eigenvalue weighted by Gasteiger charge is 2.30. The first-order chi connectivity index (χ1) is 8.74. The lowest BCUT2D eigenvalue weighted by Gasteiger charge is -2.17. The Morgan fingerprint density at radius 1 is 1.42 bits per heavy atom. The number of hydrogen-bond acceptors (Lipinski definition) is 3. The molecule has 0 spiro atoms. The van der Waals surface area contributed by atoms with Crippen molar-refractivity contribution in [1.29, 1.82) is 0 Å². The molecule has 0 aromatic carbocycles. The predicted molar refractivity (Wildman–Crippen MR) is 59.5 cm³/mol. The van der Waals surface area contributed by atoms with Crippen LogP contribution in [0.3, 0.4) is 0 Å². The van der Waals surface area contributed by atoms with E-state index < -0.39 is 24.6 Å². The Hall–Kier alpha value is -1.99. The molecule has 1 aromatic rings. The van der Waals surface area contributed by atoms with Crippen molar-refractivity contribution in [2.75, 3.05) is 20.7 Å². The Kier molecular flexibility index (Phi) is 4.57. The Bertz CT molecular complexity index is 468. The van der Waals surface area contributed by atoms with E-state index >= 15 is 0 Å². The van der Waals surface area contributed by atoms with Crippen molar-refractivity contribution in [3.8, 4) is 0 Å². The summed E-state index contributed by atoms with van der Waals surface area (Å²) < 4.78 is 42.1. The van der Waals surface area contributed by atoms with Gasteiger partial charge in [-0.3, -0.25) is 9.59 Å². The standard InChI is InChI=1S/C11H13F3N2O3/c1-15(6-9(17)19-2)10(18)8-4-3-5-16(8)7-11(12,13)14/h3-5H,6-7H2,1-2H3. The maximum absolute atomic E-state index is 12.3. The van der Waals surface area contributed by atoms with Gasteiger partial charge in [-0.25, -0.2) is 0 Å². The third-order valence-electron chi connectivity index (χ3n) is 2.34. The number of nitrogens with zero attached hydrogens (tertiary/aromatic N) is 2. The predicted octanol–water partition coefficient (Wildman–Crippen LogP) is 1.30. The monoisotopic (exact) mass is 278 g/mol. The molecule has 0 aliphatic carbocycles. The summed E-state index contributed by atoms with van der Waals surface area (Å²) in [5.74, 6) is -1.33. The van der Waals surface area contributed by atoms with Crippen LogP contribution in [-0.2, 0) is 16.1 Å². The van der Waals surface area contributed by atoms with Crippen LogP contribution in [-0.4, -0.2) is 48.2 Å². The van der Waals surface area contributed by atoms with Gasteiger partial charge in [0.1, 0.15) is 18.8 Å². The summed E-state index contributed by atoms with van der Waals surface area (Å²) in [4.78, 5) is 23.9. The molecular formula is C11H13F3N2O3. The Morgan fingerprint density at radius 3 is 2.58 bits per heavy atom. The van der Waals surface area contributed by atoms with E-state index in [2.05, 4.69) is 4.74 Å². The van der Waals surface area contributed by atoms with Gasteiger partial charge in [-0.15, -0.1) is 0 Å². The second kappa shape index (κ2) is 5.77. The molecule has 0 unspecified atom stereocenters. The molecule has 5 nitrogen and oxygen atoms in total. The van der Waals surface area contributed by atoms with E-state index in [0.29, 0.717) is 0 Å². The number of likely N-dealkylation sites (N-methyl/N-ethyl adjacent to an activating group) is 1. The second-order valence-corrected chi connectivity index (χ2v) is 3.87. The minimum atomic E-state index is -4.42. The third-order valence-corrected chi connectivity index (χ3v) is 2.34. The molecule has 0 saturated heterocycles. The van der Waals surface area contributed by atoms with Crippen molar-refractivity contribution in [2.24, 2.45) is 0 Å². The average molecular weight is 278 g/mol. The van der Waals surface area contributed by atoms with Gasteiger partial charge in [0.15, 0.2) is 0 Å². The van der Waals surface area contributed by atoms with Gasteiger partial charge in [-0.1, -0.05) is 0 Å². The van der Waals surface area contributed by atoms with Crippen LogP contribution >= 0.6 is 0 Å². The summed E-state index contributed by atoms with van der Waals surface area (Å²) in [5.41, 5.74) is -0.135. The van der Waals surface area contributed by atoms with Gasteiger partial charge in [-0.05, 0) is 12.1 Å². The van der Waals surface area contributed by atoms with E-state index in [4.69, 9.17) is 0 Å². The van der Waals surface area contributed by atoms with Gasteiger partial charge in [0, 0.05) is 13.2 Å². The fourth-order valence-corrected chi connectivity index (χ4v) is 1.46. The summed E-state index contributed by atoms with van der Waals surface area (Å²) in [5, 5.41) is 0. The van der Waals surface area contributed by atoms with Crippen LogP contribution in [0.4, 0.5) is 13.2 Å². The summed E-state index contributed by atoms with van der Waals surface area (Å²) in [6, 6.07) is 2.60. The molecule has 1 amide bonds. The van der Waals surface area contributed by atoms with Crippen molar-refractivity contribution in [3.05, 3.63) is 24.0 Å². The quantitative estimate of drug-likeness (QED) is 0.780.